The molecule has 0 aliphatic rings. The molecule has 9 aromatic heterocycles. The molecule has 12 aromatic rings. The number of nitrogens with one attached hydrogen (secondary N) is 6. The molecule has 0 aliphatic heterocycles. The number of benzene rings is 3. The molecular formula is C64H74Cl3N21O7. The van der Waals surface area contributed by atoms with Gasteiger partial charge in [-0.1, -0.05) is 53.0 Å². The zero-order chi connectivity index (χ0) is 68.4. The third-order valence-electron chi connectivity index (χ3n) is 15.1. The van der Waals surface area contributed by atoms with Crippen LogP contribution in [0.25, 0.3) is 100.0 Å². The summed E-state index contributed by atoms with van der Waals surface area (Å²) in [5, 5.41) is 25.7. The van der Waals surface area contributed by atoms with Gasteiger partial charge in [-0.3, -0.25) is 19.2 Å². The molecule has 0 saturated heterocycles. The number of anilines is 3. The fourth-order valence-corrected chi connectivity index (χ4v) is 11.4. The van der Waals surface area contributed by atoms with Crippen LogP contribution in [0.15, 0.2) is 73.6 Å². The molecule has 0 unspecified atom stereocenters. The zero-order valence-electron chi connectivity index (χ0n) is 54.5. The fourth-order valence-electron chi connectivity index (χ4n) is 10.5. The monoisotopic (exact) mass is 1350 g/mol. The lowest BCUT2D eigenvalue weighted by molar-refractivity contribution is 0.0537. The number of nitrogens with zero attached hydrogens (tertiary/aromatic N) is 12. The van der Waals surface area contributed by atoms with Gasteiger partial charge in [0, 0.05) is 83.3 Å². The summed E-state index contributed by atoms with van der Waals surface area (Å²) in [4.78, 5) is 77.3. The number of nitrogen functional groups attached to an aromatic ring is 3. The van der Waals surface area contributed by atoms with Gasteiger partial charge in [-0.05, 0) is 105 Å². The number of fused-ring (bicyclic) bond motifs is 6. The Kier molecular flexibility index (Phi) is 20.0. The van der Waals surface area contributed by atoms with Crippen LogP contribution < -0.4 is 33.3 Å². The van der Waals surface area contributed by atoms with E-state index in [2.05, 4.69) is 65.8 Å². The number of ether oxygens (including phenoxy) is 3. The number of hydrogen-bond acceptors (Lipinski definition) is 19. The van der Waals surface area contributed by atoms with E-state index in [9.17, 15) is 14.4 Å². The highest BCUT2D eigenvalue weighted by Crippen LogP contribution is 2.43. The number of nitrogens with two attached hydrogens (primary N) is 3. The predicted molar refractivity (Wildman–Crippen MR) is 369 cm³/mol. The predicted octanol–water partition coefficient (Wildman–Crippen LogP) is 10.3. The van der Waals surface area contributed by atoms with E-state index in [1.165, 1.54) is 26.1 Å². The Hall–Kier alpha value is -9.55. The second kappa shape index (κ2) is 27.8. The summed E-state index contributed by atoms with van der Waals surface area (Å²) in [7, 11) is 4.62. The van der Waals surface area contributed by atoms with E-state index < -0.39 is 0 Å². The Morgan fingerprint density at radius 3 is 1.16 bits per heavy atom. The van der Waals surface area contributed by atoms with Crippen molar-refractivity contribution >= 4 is 136 Å². The Morgan fingerprint density at radius 2 is 0.821 bits per heavy atom. The number of rotatable bonds is 17. The Morgan fingerprint density at radius 1 is 0.474 bits per heavy atom. The second-order valence-electron chi connectivity index (χ2n) is 25.0. The molecule has 0 aliphatic carbocycles. The molecule has 0 saturated carbocycles. The third-order valence-corrected chi connectivity index (χ3v) is 16.2. The molecular weight excluding hydrogens is 1280 g/mol. The molecule has 498 valence electrons. The molecule has 31 heteroatoms. The number of amides is 3. The minimum absolute atomic E-state index is 0.157. The minimum Gasteiger partial charge on any atom is -0.385 e. The molecule has 0 radical (unpaired) electrons. The normalized spacial score (nSPS) is 12.0. The van der Waals surface area contributed by atoms with E-state index in [4.69, 9.17) is 81.5 Å². The summed E-state index contributed by atoms with van der Waals surface area (Å²) in [5.41, 5.74) is 28.8. The van der Waals surface area contributed by atoms with E-state index in [0.29, 0.717) is 167 Å². The Labute approximate surface area is 559 Å². The van der Waals surface area contributed by atoms with Crippen molar-refractivity contribution in [2.45, 2.75) is 85.4 Å². The van der Waals surface area contributed by atoms with Crippen molar-refractivity contribution < 1.29 is 33.4 Å². The number of aromatic amines is 3. The van der Waals surface area contributed by atoms with Crippen molar-refractivity contribution in [3.05, 3.63) is 105 Å². The van der Waals surface area contributed by atoms with E-state index in [0.717, 1.165) is 28.1 Å². The highest BCUT2D eigenvalue weighted by molar-refractivity contribution is 6.40. The molecule has 3 aromatic carbocycles. The van der Waals surface area contributed by atoms with E-state index in [-0.39, 0.29) is 34.3 Å². The average Bonchev–Trinajstić information content (AvgIpc) is 1.61. The number of methoxy groups -OCH3 is 2. The van der Waals surface area contributed by atoms with Crippen LogP contribution in [0, 0.1) is 0 Å². The van der Waals surface area contributed by atoms with E-state index in [1.54, 1.807) is 61.4 Å². The fraction of sp³-hybridized carbons (Fsp3) is 0.344. The number of carbonyl (C=O) groups excluding carboxylic acids is 3. The smallest absolute Gasteiger partial charge is 0.274 e. The lowest BCUT2D eigenvalue weighted by atomic mass is 10.1. The molecule has 0 spiro atoms. The van der Waals surface area contributed by atoms with Crippen LogP contribution in [0.2, 0.25) is 15.1 Å². The van der Waals surface area contributed by atoms with Gasteiger partial charge in [-0.15, -0.1) is 0 Å². The first-order valence-electron chi connectivity index (χ1n) is 30.1. The van der Waals surface area contributed by atoms with Gasteiger partial charge in [-0.2, -0.15) is 15.3 Å². The summed E-state index contributed by atoms with van der Waals surface area (Å²) in [6.45, 7) is 21.2. The van der Waals surface area contributed by atoms with Gasteiger partial charge in [-0.25, -0.2) is 49.4 Å². The van der Waals surface area contributed by atoms with Crippen molar-refractivity contribution in [2.75, 3.05) is 78.0 Å². The average molecular weight is 1360 g/mol. The zero-order valence-corrected chi connectivity index (χ0v) is 56.7. The SMILES string of the molecule is COCCCNC(=O)c1ccc2c(Cl)c(-c3nn(C(C)(C)C)c4ncnc(N)c34)[nH]c2c1.COCCOCCNC(=O)c1ccc2c(Cl)c(-c3nn(C(C)(C)C)c4ncnc(N)c34)[nH]c2c1.CONC(=O)c1ccc2c(Cl)c(-c3nn(C(C)(C)C)c4ncnc(N)c34)[nH]c2c1. The van der Waals surface area contributed by atoms with Crippen molar-refractivity contribution in [3.8, 4) is 34.2 Å². The molecule has 12 rings (SSSR count). The van der Waals surface area contributed by atoms with Crippen LogP contribution in [0.5, 0.6) is 0 Å². The summed E-state index contributed by atoms with van der Waals surface area (Å²) in [6.07, 6.45) is 5.01. The molecule has 0 fully saturated rings. The number of halogens is 3. The van der Waals surface area contributed by atoms with Crippen molar-refractivity contribution in [3.63, 3.8) is 0 Å². The first-order valence-corrected chi connectivity index (χ1v) is 31.2. The Bertz CT molecular complexity index is 4850. The quantitative estimate of drug-likeness (QED) is 0.0302. The van der Waals surface area contributed by atoms with Gasteiger partial charge in [0.2, 0.25) is 0 Å². The molecule has 9 heterocycles. The van der Waals surface area contributed by atoms with Crippen LogP contribution in [0.1, 0.15) is 99.8 Å². The van der Waals surface area contributed by atoms with Crippen molar-refractivity contribution in [1.29, 1.82) is 0 Å². The lowest BCUT2D eigenvalue weighted by Crippen LogP contribution is -2.27. The molecule has 0 bridgehead atoms. The third kappa shape index (κ3) is 14.0. The van der Waals surface area contributed by atoms with Gasteiger partial charge in [0.1, 0.15) is 53.5 Å². The summed E-state index contributed by atoms with van der Waals surface area (Å²) in [6, 6.07) is 15.8. The van der Waals surface area contributed by atoms with Crippen molar-refractivity contribution in [1.82, 2.24) is 90.3 Å². The summed E-state index contributed by atoms with van der Waals surface area (Å²) in [5.74, 6) is 0.238. The van der Waals surface area contributed by atoms with Gasteiger partial charge >= 0.3 is 0 Å². The molecule has 95 heavy (non-hydrogen) atoms. The number of hydroxylamine groups is 1. The van der Waals surface area contributed by atoms with E-state index >= 15 is 0 Å². The topological polar surface area (TPSA) is 380 Å². The maximum absolute atomic E-state index is 12.6. The molecule has 12 N–H and O–H groups in total. The second-order valence-corrected chi connectivity index (χ2v) is 26.1. The first-order chi connectivity index (χ1) is 45.2. The number of hydrogen-bond donors (Lipinski definition) is 9. The largest absolute Gasteiger partial charge is 0.385 e. The van der Waals surface area contributed by atoms with Gasteiger partial charge in [0.25, 0.3) is 17.7 Å². The van der Waals surface area contributed by atoms with Crippen LogP contribution in [0.4, 0.5) is 17.5 Å². The number of aromatic nitrogens is 15. The maximum Gasteiger partial charge on any atom is 0.274 e. The number of H-pyrrole nitrogens is 3. The maximum atomic E-state index is 12.6. The molecule has 28 nitrogen and oxygen atoms in total. The Balaban J connectivity index is 0.000000156. The molecule has 0 atom stereocenters. The van der Waals surface area contributed by atoms with Crippen LogP contribution in [-0.2, 0) is 35.7 Å². The minimum atomic E-state index is -0.359. The van der Waals surface area contributed by atoms with Crippen molar-refractivity contribution in [2.24, 2.45) is 0 Å². The summed E-state index contributed by atoms with van der Waals surface area (Å²) < 4.78 is 20.7. The van der Waals surface area contributed by atoms with E-state index in [1.807, 2.05) is 83.8 Å². The van der Waals surface area contributed by atoms with Gasteiger partial charge < -0.3 is 57.0 Å². The van der Waals surface area contributed by atoms with Gasteiger partial charge in [0.05, 0.1) is 91.9 Å². The lowest BCUT2D eigenvalue weighted by Gasteiger charge is -2.19. The van der Waals surface area contributed by atoms with Gasteiger partial charge in [0.15, 0.2) is 16.9 Å². The van der Waals surface area contributed by atoms with Crippen LogP contribution in [0.3, 0.4) is 0 Å². The summed E-state index contributed by atoms with van der Waals surface area (Å²) >= 11 is 20.2. The van der Waals surface area contributed by atoms with Crippen LogP contribution >= 0.6 is 34.8 Å². The van der Waals surface area contributed by atoms with Crippen LogP contribution in [-0.4, -0.2) is 153 Å². The molecule has 3 amide bonds. The highest BCUT2D eigenvalue weighted by atomic mass is 35.5. The number of carbonyl (C=O) groups is 3. The first kappa shape index (κ1) is 68.3. The highest BCUT2D eigenvalue weighted by Gasteiger charge is 2.30. The standard InChI is InChI=1S/C23H28ClN7O3.C22H26ClN7O2.C19H20ClN7O2/c1-23(2,3)31-21-16(20(25)27-12-28-21)18(30-31)19-17(24)14-6-5-13(11-15(14)29-19)22(32)26-7-8-34-10-9-33-4;1-22(2,3)30-20-15(19(24)26-11-27-20)17(29-30)18-16(23)13-7-6-12(10-14(13)28-18)21(31)25-8-5-9-32-4;1-19(2,3)27-17-12(16(21)22-8-23-17)14(25-27)15-13(20)10-6-5-9(7-11(10)24-15)18(28)26-29-4/h5-6,11-12,29H,7-10H2,1-4H3,(H,26,32)(H2,25,27,28);6-7,10-11,28H,5,8-9H2,1-4H3,(H,25,31)(H2,24,26,27);5-8,24H,1-4H3,(H,26,28)(H2,21,22,23).